The summed E-state index contributed by atoms with van der Waals surface area (Å²) in [6, 6.07) is 8.24. The van der Waals surface area contributed by atoms with Crippen LogP contribution in [0.1, 0.15) is 51.1 Å². The predicted octanol–water partition coefficient (Wildman–Crippen LogP) is 4.15. The first-order valence-electron chi connectivity index (χ1n) is 7.29. The summed E-state index contributed by atoms with van der Waals surface area (Å²) in [6.45, 7) is 4.10. The molecule has 0 radical (unpaired) electrons. The molecular formula is C16H25NOS. The van der Waals surface area contributed by atoms with Crippen molar-refractivity contribution in [1.82, 2.24) is 0 Å². The first-order chi connectivity index (χ1) is 9.16. The monoisotopic (exact) mass is 279 g/mol. The van der Waals surface area contributed by atoms with Crippen LogP contribution in [0.4, 0.5) is 0 Å². The highest BCUT2D eigenvalue weighted by atomic mass is 32.2. The second kappa shape index (κ2) is 7.20. The van der Waals surface area contributed by atoms with Gasteiger partial charge in [-0.05, 0) is 32.8 Å². The summed E-state index contributed by atoms with van der Waals surface area (Å²) in [6.07, 6.45) is 5.69. The Labute approximate surface area is 121 Å². The summed E-state index contributed by atoms with van der Waals surface area (Å²) in [5, 5.41) is 0.823. The van der Waals surface area contributed by atoms with Crippen LogP contribution < -0.4 is 10.5 Å². The minimum Gasteiger partial charge on any atom is -0.491 e. The van der Waals surface area contributed by atoms with Crippen LogP contribution in [0.15, 0.2) is 24.3 Å². The van der Waals surface area contributed by atoms with Crippen molar-refractivity contribution in [2.24, 2.45) is 5.73 Å². The lowest BCUT2D eigenvalue weighted by atomic mass is 10.1. The van der Waals surface area contributed by atoms with Crippen LogP contribution in [0.3, 0.4) is 0 Å². The zero-order valence-corrected chi connectivity index (χ0v) is 12.8. The van der Waals surface area contributed by atoms with Gasteiger partial charge in [0, 0.05) is 22.6 Å². The number of ether oxygens (including phenoxy) is 1. The lowest BCUT2D eigenvalue weighted by Crippen LogP contribution is -2.17. The van der Waals surface area contributed by atoms with Crippen molar-refractivity contribution in [3.63, 3.8) is 0 Å². The van der Waals surface area contributed by atoms with E-state index >= 15 is 0 Å². The van der Waals surface area contributed by atoms with Crippen molar-refractivity contribution in [3.05, 3.63) is 29.8 Å². The number of benzene rings is 1. The van der Waals surface area contributed by atoms with Gasteiger partial charge in [-0.25, -0.2) is 0 Å². The first kappa shape index (κ1) is 14.7. The van der Waals surface area contributed by atoms with E-state index in [1.165, 1.54) is 25.7 Å². The van der Waals surface area contributed by atoms with Crippen LogP contribution >= 0.6 is 11.8 Å². The second-order valence-electron chi connectivity index (χ2n) is 5.55. The smallest absolute Gasteiger partial charge is 0.124 e. The fourth-order valence-corrected chi connectivity index (χ4v) is 3.86. The highest BCUT2D eigenvalue weighted by Gasteiger charge is 2.18. The molecule has 0 saturated heterocycles. The maximum atomic E-state index is 6.35. The Morgan fingerprint density at radius 3 is 2.63 bits per heavy atom. The van der Waals surface area contributed by atoms with Crippen molar-refractivity contribution >= 4 is 11.8 Å². The molecule has 19 heavy (non-hydrogen) atoms. The van der Waals surface area contributed by atoms with Crippen LogP contribution in [0.25, 0.3) is 0 Å². The Bertz CT molecular complexity index is 388. The Balaban J connectivity index is 1.95. The molecule has 1 saturated carbocycles. The molecule has 3 heteroatoms. The second-order valence-corrected chi connectivity index (χ2v) is 6.88. The fourth-order valence-electron chi connectivity index (χ4n) is 2.53. The summed E-state index contributed by atoms with van der Waals surface area (Å²) in [4.78, 5) is 0. The number of hydrogen-bond donors (Lipinski definition) is 1. The summed E-state index contributed by atoms with van der Waals surface area (Å²) >= 11 is 2.03. The summed E-state index contributed by atoms with van der Waals surface area (Å²) in [7, 11) is 0. The van der Waals surface area contributed by atoms with Crippen LogP contribution in [0, 0.1) is 0 Å². The molecule has 2 rings (SSSR count). The molecule has 1 fully saturated rings. The van der Waals surface area contributed by atoms with E-state index in [0.29, 0.717) is 0 Å². The predicted molar refractivity (Wildman–Crippen MR) is 83.8 cm³/mol. The van der Waals surface area contributed by atoms with E-state index in [9.17, 15) is 0 Å². The minimum absolute atomic E-state index is 0.0700. The van der Waals surface area contributed by atoms with Crippen molar-refractivity contribution in [2.75, 3.05) is 5.75 Å². The number of para-hydroxylation sites is 1. The molecule has 0 heterocycles. The Morgan fingerprint density at radius 2 is 1.95 bits per heavy atom. The molecule has 0 aromatic heterocycles. The highest BCUT2D eigenvalue weighted by molar-refractivity contribution is 7.99. The van der Waals surface area contributed by atoms with Crippen molar-refractivity contribution < 1.29 is 4.74 Å². The van der Waals surface area contributed by atoms with Crippen LogP contribution in [0.5, 0.6) is 5.75 Å². The van der Waals surface area contributed by atoms with Gasteiger partial charge in [0.25, 0.3) is 0 Å². The normalized spacial score (nSPS) is 17.9. The molecule has 1 aliphatic rings. The van der Waals surface area contributed by atoms with Gasteiger partial charge in [-0.2, -0.15) is 11.8 Å². The molecule has 0 spiro atoms. The van der Waals surface area contributed by atoms with Crippen molar-refractivity contribution in [1.29, 1.82) is 0 Å². The van der Waals surface area contributed by atoms with E-state index in [1.807, 2.05) is 30.0 Å². The molecule has 0 amide bonds. The van der Waals surface area contributed by atoms with Gasteiger partial charge in [-0.1, -0.05) is 31.0 Å². The third-order valence-corrected chi connectivity index (χ3v) is 4.99. The van der Waals surface area contributed by atoms with E-state index < -0.39 is 0 Å². The maximum Gasteiger partial charge on any atom is 0.124 e. The molecule has 1 unspecified atom stereocenters. The number of nitrogens with two attached hydrogens (primary N) is 1. The molecule has 0 aliphatic heterocycles. The molecule has 1 aromatic rings. The maximum absolute atomic E-state index is 6.35. The molecule has 2 N–H and O–H groups in total. The standard InChI is InChI=1S/C16H25NOS/c1-12(2)18-16-10-6-5-9-14(16)15(17)11-19-13-7-3-4-8-13/h5-6,9-10,12-13,15H,3-4,7-8,11,17H2,1-2H3. The molecule has 1 atom stereocenters. The summed E-state index contributed by atoms with van der Waals surface area (Å²) < 4.78 is 5.85. The zero-order valence-electron chi connectivity index (χ0n) is 12.0. The van der Waals surface area contributed by atoms with Gasteiger partial charge in [0.15, 0.2) is 0 Å². The van der Waals surface area contributed by atoms with Gasteiger partial charge in [0.2, 0.25) is 0 Å². The minimum atomic E-state index is 0.0700. The zero-order chi connectivity index (χ0) is 13.7. The average Bonchev–Trinajstić information content (AvgIpc) is 2.89. The van der Waals surface area contributed by atoms with Crippen molar-refractivity contribution in [2.45, 2.75) is 56.9 Å². The molecule has 2 nitrogen and oxygen atoms in total. The quantitative estimate of drug-likeness (QED) is 0.849. The average molecular weight is 279 g/mol. The number of rotatable bonds is 6. The van der Waals surface area contributed by atoms with Gasteiger partial charge < -0.3 is 10.5 Å². The summed E-state index contributed by atoms with van der Waals surface area (Å²) in [5.74, 6) is 1.93. The third-order valence-electron chi connectivity index (χ3n) is 3.49. The number of thioether (sulfide) groups is 1. The van der Waals surface area contributed by atoms with Crippen LogP contribution in [-0.4, -0.2) is 17.1 Å². The largest absolute Gasteiger partial charge is 0.491 e. The number of hydrogen-bond acceptors (Lipinski definition) is 3. The Hall–Kier alpha value is -0.670. The topological polar surface area (TPSA) is 35.2 Å². The molecular weight excluding hydrogens is 254 g/mol. The van der Waals surface area contributed by atoms with Gasteiger partial charge in [0.05, 0.1) is 6.10 Å². The third kappa shape index (κ3) is 4.43. The van der Waals surface area contributed by atoms with E-state index in [4.69, 9.17) is 10.5 Å². The van der Waals surface area contributed by atoms with E-state index in [2.05, 4.69) is 19.9 Å². The van der Waals surface area contributed by atoms with Gasteiger partial charge >= 0.3 is 0 Å². The Morgan fingerprint density at radius 1 is 1.26 bits per heavy atom. The van der Waals surface area contributed by atoms with E-state index in [-0.39, 0.29) is 12.1 Å². The van der Waals surface area contributed by atoms with Crippen LogP contribution in [-0.2, 0) is 0 Å². The van der Waals surface area contributed by atoms with E-state index in [1.54, 1.807) is 0 Å². The molecule has 106 valence electrons. The fraction of sp³-hybridized carbons (Fsp3) is 0.625. The van der Waals surface area contributed by atoms with Gasteiger partial charge in [0.1, 0.15) is 5.75 Å². The SMILES string of the molecule is CC(C)Oc1ccccc1C(N)CSC1CCCC1. The first-order valence-corrected chi connectivity index (χ1v) is 8.34. The van der Waals surface area contributed by atoms with Crippen molar-refractivity contribution in [3.8, 4) is 5.75 Å². The molecule has 1 aliphatic carbocycles. The van der Waals surface area contributed by atoms with E-state index in [0.717, 1.165) is 22.3 Å². The molecule has 1 aromatic carbocycles. The molecule has 0 bridgehead atoms. The summed E-state index contributed by atoms with van der Waals surface area (Å²) in [5.41, 5.74) is 7.49. The van der Waals surface area contributed by atoms with Gasteiger partial charge in [-0.3, -0.25) is 0 Å². The lowest BCUT2D eigenvalue weighted by Gasteiger charge is -2.19. The van der Waals surface area contributed by atoms with Crippen LogP contribution in [0.2, 0.25) is 0 Å². The lowest BCUT2D eigenvalue weighted by molar-refractivity contribution is 0.239. The van der Waals surface area contributed by atoms with Gasteiger partial charge in [-0.15, -0.1) is 0 Å². The Kier molecular flexibility index (Phi) is 5.59. The highest BCUT2D eigenvalue weighted by Crippen LogP contribution is 2.33.